The maximum absolute atomic E-state index is 12.4. The summed E-state index contributed by atoms with van der Waals surface area (Å²) in [7, 11) is 0. The maximum atomic E-state index is 12.4. The second kappa shape index (κ2) is 11.7. The van der Waals surface area contributed by atoms with E-state index in [0.29, 0.717) is 32.1 Å². The number of nitrogens with one attached hydrogen (secondary N) is 1. The topological polar surface area (TPSA) is 104 Å². The largest absolute Gasteiger partial charge is 0.354 e. The fourth-order valence-electron chi connectivity index (χ4n) is 3.15. The second-order valence-electron chi connectivity index (χ2n) is 6.99. The molecule has 30 heavy (non-hydrogen) atoms. The molecule has 1 aliphatic rings. The van der Waals surface area contributed by atoms with Gasteiger partial charge >= 0.3 is 0 Å². The smallest absolute Gasteiger partial charge is 0.244 e. The van der Waals surface area contributed by atoms with Gasteiger partial charge in [-0.15, -0.1) is 24.8 Å². The molecule has 1 fully saturated rings. The molecule has 1 unspecified atom stereocenters. The number of piperazine rings is 1. The van der Waals surface area contributed by atoms with E-state index >= 15 is 0 Å². The van der Waals surface area contributed by atoms with Gasteiger partial charge in [-0.3, -0.25) is 9.59 Å². The number of amides is 2. The molecule has 0 aliphatic carbocycles. The lowest BCUT2D eigenvalue weighted by Gasteiger charge is -2.34. The minimum absolute atomic E-state index is 0. The zero-order chi connectivity index (χ0) is 20.0. The highest BCUT2D eigenvalue weighted by atomic mass is 35.5. The van der Waals surface area contributed by atoms with Gasteiger partial charge in [-0.1, -0.05) is 30.3 Å². The molecule has 164 valence electrons. The van der Waals surface area contributed by atoms with Crippen molar-refractivity contribution in [2.45, 2.75) is 18.9 Å². The Hall–Kier alpha value is -2.42. The van der Waals surface area contributed by atoms with Crippen molar-refractivity contribution < 1.29 is 9.59 Å². The number of nitrogens with two attached hydrogens (primary N) is 1. The highest BCUT2D eigenvalue weighted by Gasteiger charge is 2.30. The molecular weight excluding hydrogens is 427 g/mol. The van der Waals surface area contributed by atoms with E-state index in [1.807, 2.05) is 35.2 Å². The van der Waals surface area contributed by atoms with Crippen LogP contribution in [0.4, 0.5) is 5.95 Å². The molecule has 0 radical (unpaired) electrons. The van der Waals surface area contributed by atoms with E-state index < -0.39 is 5.54 Å². The van der Waals surface area contributed by atoms with E-state index in [4.69, 9.17) is 5.73 Å². The molecule has 0 bridgehead atoms. The number of hydrogen-bond acceptors (Lipinski definition) is 6. The van der Waals surface area contributed by atoms with E-state index in [1.165, 1.54) is 0 Å². The van der Waals surface area contributed by atoms with Gasteiger partial charge in [0.05, 0.1) is 0 Å². The molecule has 1 atom stereocenters. The Morgan fingerprint density at radius 2 is 1.63 bits per heavy atom. The van der Waals surface area contributed by atoms with Gasteiger partial charge in [-0.2, -0.15) is 0 Å². The molecule has 1 aromatic carbocycles. The summed E-state index contributed by atoms with van der Waals surface area (Å²) in [6.45, 7) is 4.55. The Balaban J connectivity index is 0.00000225. The Morgan fingerprint density at radius 3 is 2.23 bits per heavy atom. The SMILES string of the molecule is CC(N)(C(=O)NCCC(=O)N1CCN(c2ncccn2)CC1)c1ccccc1.Cl.Cl. The third-order valence-electron chi connectivity index (χ3n) is 4.94. The van der Waals surface area contributed by atoms with Gasteiger partial charge < -0.3 is 20.9 Å². The van der Waals surface area contributed by atoms with Crippen LogP contribution in [0.1, 0.15) is 18.9 Å². The van der Waals surface area contributed by atoms with Crippen LogP contribution < -0.4 is 16.0 Å². The van der Waals surface area contributed by atoms with Crippen LogP contribution in [0, 0.1) is 0 Å². The number of benzene rings is 1. The number of anilines is 1. The van der Waals surface area contributed by atoms with Crippen LogP contribution in [0.15, 0.2) is 48.8 Å². The average Bonchev–Trinajstić information content (AvgIpc) is 2.75. The van der Waals surface area contributed by atoms with Crippen molar-refractivity contribution in [2.24, 2.45) is 5.73 Å². The van der Waals surface area contributed by atoms with Crippen LogP contribution in [0.5, 0.6) is 0 Å². The van der Waals surface area contributed by atoms with Crippen molar-refractivity contribution in [1.82, 2.24) is 20.2 Å². The average molecular weight is 455 g/mol. The van der Waals surface area contributed by atoms with Crippen molar-refractivity contribution in [3.63, 3.8) is 0 Å². The van der Waals surface area contributed by atoms with Gasteiger partial charge in [0.15, 0.2) is 0 Å². The molecule has 2 amide bonds. The molecule has 1 aliphatic heterocycles. The third kappa shape index (κ3) is 6.29. The summed E-state index contributed by atoms with van der Waals surface area (Å²) in [5.74, 6) is 0.412. The monoisotopic (exact) mass is 454 g/mol. The van der Waals surface area contributed by atoms with Gasteiger partial charge in [-0.05, 0) is 18.6 Å². The van der Waals surface area contributed by atoms with Crippen LogP contribution in [-0.4, -0.2) is 59.4 Å². The van der Waals surface area contributed by atoms with Gasteiger partial charge in [0, 0.05) is 51.5 Å². The quantitative estimate of drug-likeness (QED) is 0.682. The Labute approximate surface area is 189 Å². The Bertz CT molecular complexity index is 799. The van der Waals surface area contributed by atoms with E-state index in [2.05, 4.69) is 20.2 Å². The summed E-state index contributed by atoms with van der Waals surface area (Å²) in [6, 6.07) is 11.0. The molecule has 0 saturated carbocycles. The first-order valence-electron chi connectivity index (χ1n) is 9.41. The first kappa shape index (κ1) is 25.6. The molecule has 1 aromatic heterocycles. The summed E-state index contributed by atoms with van der Waals surface area (Å²) < 4.78 is 0. The summed E-state index contributed by atoms with van der Waals surface area (Å²) in [5, 5.41) is 2.78. The molecule has 1 saturated heterocycles. The number of hydrogen-bond donors (Lipinski definition) is 2. The van der Waals surface area contributed by atoms with E-state index in [0.717, 1.165) is 5.56 Å². The minimum atomic E-state index is -1.13. The minimum Gasteiger partial charge on any atom is -0.354 e. The first-order chi connectivity index (χ1) is 13.5. The summed E-state index contributed by atoms with van der Waals surface area (Å²) in [4.78, 5) is 37.2. The van der Waals surface area contributed by atoms with Gasteiger partial charge in [0.2, 0.25) is 17.8 Å². The van der Waals surface area contributed by atoms with Gasteiger partial charge in [0.25, 0.3) is 0 Å². The molecule has 10 heteroatoms. The zero-order valence-corrected chi connectivity index (χ0v) is 18.5. The van der Waals surface area contributed by atoms with Crippen molar-refractivity contribution in [1.29, 1.82) is 0 Å². The number of rotatable bonds is 6. The number of carbonyl (C=O) groups excluding carboxylic acids is 2. The molecular formula is C20H28Cl2N6O2. The Kier molecular flexibility index (Phi) is 9.98. The summed E-state index contributed by atoms with van der Waals surface area (Å²) in [6.07, 6.45) is 3.67. The zero-order valence-electron chi connectivity index (χ0n) is 16.9. The highest BCUT2D eigenvalue weighted by Crippen LogP contribution is 2.17. The van der Waals surface area contributed by atoms with E-state index in [9.17, 15) is 9.59 Å². The number of carbonyl (C=O) groups is 2. The lowest BCUT2D eigenvalue weighted by atomic mass is 9.92. The lowest BCUT2D eigenvalue weighted by Crippen LogP contribution is -2.51. The number of aromatic nitrogens is 2. The van der Waals surface area contributed by atoms with Crippen molar-refractivity contribution in [3.8, 4) is 0 Å². The molecule has 2 heterocycles. The van der Waals surface area contributed by atoms with Gasteiger partial charge in [-0.25, -0.2) is 9.97 Å². The third-order valence-corrected chi connectivity index (χ3v) is 4.94. The fourth-order valence-corrected chi connectivity index (χ4v) is 3.15. The van der Waals surface area contributed by atoms with Crippen LogP contribution in [0.3, 0.4) is 0 Å². The van der Waals surface area contributed by atoms with Crippen molar-refractivity contribution in [3.05, 3.63) is 54.4 Å². The first-order valence-corrected chi connectivity index (χ1v) is 9.41. The maximum Gasteiger partial charge on any atom is 0.244 e. The van der Waals surface area contributed by atoms with E-state index in [-0.39, 0.29) is 49.6 Å². The van der Waals surface area contributed by atoms with Crippen LogP contribution in [-0.2, 0) is 15.1 Å². The highest BCUT2D eigenvalue weighted by molar-refractivity contribution is 5.87. The summed E-state index contributed by atoms with van der Waals surface area (Å²) >= 11 is 0. The molecule has 3 N–H and O–H groups in total. The molecule has 0 spiro atoms. The Morgan fingerprint density at radius 1 is 1.03 bits per heavy atom. The van der Waals surface area contributed by atoms with Crippen LogP contribution in [0.2, 0.25) is 0 Å². The molecule has 3 rings (SSSR count). The van der Waals surface area contributed by atoms with Gasteiger partial charge in [0.1, 0.15) is 5.54 Å². The van der Waals surface area contributed by atoms with Crippen molar-refractivity contribution >= 4 is 42.6 Å². The standard InChI is InChI=1S/C20H26N6O2.2ClH/c1-20(21,16-6-3-2-4-7-16)18(28)22-11-8-17(27)25-12-14-26(15-13-25)19-23-9-5-10-24-19;;/h2-7,9-10H,8,11-15,21H2,1H3,(H,22,28);2*1H. The molecule has 2 aromatic rings. The second-order valence-corrected chi connectivity index (χ2v) is 6.99. The fraction of sp³-hybridized carbons (Fsp3) is 0.400. The lowest BCUT2D eigenvalue weighted by molar-refractivity contribution is -0.131. The van der Waals surface area contributed by atoms with Crippen LogP contribution >= 0.6 is 24.8 Å². The summed E-state index contributed by atoms with van der Waals surface area (Å²) in [5.41, 5.74) is 5.79. The predicted molar refractivity (Wildman–Crippen MR) is 121 cm³/mol. The predicted octanol–water partition coefficient (Wildman–Crippen LogP) is 1.35. The van der Waals surface area contributed by atoms with Crippen molar-refractivity contribution in [2.75, 3.05) is 37.6 Å². The van der Waals surface area contributed by atoms with Crippen LogP contribution in [0.25, 0.3) is 0 Å². The number of halogens is 2. The normalized spacial score (nSPS) is 15.3. The van der Waals surface area contributed by atoms with E-state index in [1.54, 1.807) is 25.4 Å². The molecule has 8 nitrogen and oxygen atoms in total. The number of nitrogens with zero attached hydrogens (tertiary/aromatic N) is 4.